The molecule has 0 spiro atoms. The van der Waals surface area contributed by atoms with Gasteiger partial charge in [-0.05, 0) is 5.56 Å². The molecule has 1 saturated heterocycles. The van der Waals surface area contributed by atoms with Crippen LogP contribution in [-0.4, -0.2) is 31.2 Å². The molecule has 1 heterocycles. The topological polar surface area (TPSA) is 15.8 Å². The second-order valence-electron chi connectivity index (χ2n) is 3.65. The molecule has 0 saturated carbocycles. The lowest BCUT2D eigenvalue weighted by atomic mass is 10.1. The third-order valence-corrected chi connectivity index (χ3v) is 2.45. The first-order valence-electron chi connectivity index (χ1n) is 4.84. The summed E-state index contributed by atoms with van der Waals surface area (Å²) in [6.07, 6.45) is 0.417. The molecule has 0 radical (unpaired) electrons. The molecule has 1 fully saturated rings. The highest BCUT2D eigenvalue weighted by Crippen LogP contribution is 2.18. The van der Waals surface area contributed by atoms with Crippen molar-refractivity contribution in [2.24, 2.45) is 0 Å². The van der Waals surface area contributed by atoms with E-state index in [2.05, 4.69) is 30.7 Å². The van der Waals surface area contributed by atoms with Crippen LogP contribution >= 0.6 is 0 Å². The summed E-state index contributed by atoms with van der Waals surface area (Å²) in [6, 6.07) is 10.2. The number of hydrogen-bond acceptors (Lipinski definition) is 2. The van der Waals surface area contributed by atoms with Crippen molar-refractivity contribution in [1.82, 2.24) is 4.90 Å². The smallest absolute Gasteiger partial charge is 0.0984 e. The van der Waals surface area contributed by atoms with Crippen molar-refractivity contribution < 1.29 is 4.74 Å². The number of ether oxygens (including phenoxy) is 1. The monoisotopic (exact) mass is 189 g/mol. The first kappa shape index (κ1) is 9.28. The second-order valence-corrected chi connectivity index (χ2v) is 3.65. The summed E-state index contributed by atoms with van der Waals surface area (Å²) in [4.78, 5) is 2.15. The lowest BCUT2D eigenvalue weighted by molar-refractivity contribution is 0.351. The molecule has 0 N–H and O–H groups in total. The van der Waals surface area contributed by atoms with E-state index in [1.54, 1.807) is 0 Å². The summed E-state index contributed by atoms with van der Waals surface area (Å²) in [5, 5.41) is 0. The van der Waals surface area contributed by atoms with E-state index in [9.17, 15) is 0 Å². The van der Waals surface area contributed by atoms with Crippen molar-refractivity contribution in [3.63, 3.8) is 0 Å². The minimum atomic E-state index is 0.417. The van der Waals surface area contributed by atoms with E-state index in [1.165, 1.54) is 5.56 Å². The van der Waals surface area contributed by atoms with Crippen LogP contribution in [0.4, 0.5) is 0 Å². The Morgan fingerprint density at radius 2 is 2.14 bits per heavy atom. The highest BCUT2D eigenvalue weighted by atomic mass is 16.6. The minimum absolute atomic E-state index is 0.417. The SMILES string of the molecule is C=C(c1ccccc1)N(C)CC1CO1. The van der Waals surface area contributed by atoms with Crippen LogP contribution in [0.2, 0.25) is 0 Å². The van der Waals surface area contributed by atoms with E-state index in [1.807, 2.05) is 18.2 Å². The summed E-state index contributed by atoms with van der Waals surface area (Å²) in [6.45, 7) is 5.91. The molecule has 74 valence electrons. The molecule has 0 amide bonds. The number of benzene rings is 1. The van der Waals surface area contributed by atoms with Crippen molar-refractivity contribution in [3.8, 4) is 0 Å². The number of hydrogen-bond donors (Lipinski definition) is 0. The number of nitrogens with zero attached hydrogens (tertiary/aromatic N) is 1. The Morgan fingerprint density at radius 1 is 1.50 bits per heavy atom. The average molecular weight is 189 g/mol. The van der Waals surface area contributed by atoms with Gasteiger partial charge < -0.3 is 9.64 Å². The van der Waals surface area contributed by atoms with Gasteiger partial charge in [0.2, 0.25) is 0 Å². The predicted octanol–water partition coefficient (Wildman–Crippen LogP) is 1.99. The van der Waals surface area contributed by atoms with Crippen molar-refractivity contribution in [2.75, 3.05) is 20.2 Å². The molecule has 2 rings (SSSR count). The predicted molar refractivity (Wildman–Crippen MR) is 57.8 cm³/mol. The Balaban J connectivity index is 1.99. The maximum Gasteiger partial charge on any atom is 0.0984 e. The Morgan fingerprint density at radius 3 is 2.71 bits per heavy atom. The van der Waals surface area contributed by atoms with Gasteiger partial charge in [0.15, 0.2) is 0 Å². The molecule has 1 unspecified atom stereocenters. The number of epoxide rings is 1. The van der Waals surface area contributed by atoms with Gasteiger partial charge >= 0.3 is 0 Å². The quantitative estimate of drug-likeness (QED) is 0.673. The Bertz CT molecular complexity index is 316. The highest BCUT2D eigenvalue weighted by Gasteiger charge is 2.24. The summed E-state index contributed by atoms with van der Waals surface area (Å²) in [5.74, 6) is 0. The van der Waals surface area contributed by atoms with E-state index < -0.39 is 0 Å². The van der Waals surface area contributed by atoms with Crippen LogP contribution in [-0.2, 0) is 4.74 Å². The largest absolute Gasteiger partial charge is 0.372 e. The van der Waals surface area contributed by atoms with Gasteiger partial charge in [0, 0.05) is 19.3 Å². The van der Waals surface area contributed by atoms with Crippen LogP contribution in [0.1, 0.15) is 5.56 Å². The number of likely N-dealkylation sites (N-methyl/N-ethyl adjacent to an activating group) is 1. The van der Waals surface area contributed by atoms with Gasteiger partial charge in [-0.25, -0.2) is 0 Å². The van der Waals surface area contributed by atoms with Gasteiger partial charge in [0.25, 0.3) is 0 Å². The summed E-state index contributed by atoms with van der Waals surface area (Å²) >= 11 is 0. The van der Waals surface area contributed by atoms with Gasteiger partial charge in [-0.2, -0.15) is 0 Å². The first-order valence-corrected chi connectivity index (χ1v) is 4.84. The van der Waals surface area contributed by atoms with Crippen molar-refractivity contribution in [2.45, 2.75) is 6.10 Å². The van der Waals surface area contributed by atoms with E-state index in [4.69, 9.17) is 4.74 Å². The maximum absolute atomic E-state index is 5.18. The zero-order valence-electron chi connectivity index (χ0n) is 8.44. The molecular formula is C12H15NO. The standard InChI is InChI=1S/C12H15NO/c1-10(11-6-4-3-5-7-11)13(2)8-12-9-14-12/h3-7,12H,1,8-9H2,2H3. The van der Waals surface area contributed by atoms with Crippen molar-refractivity contribution in [1.29, 1.82) is 0 Å². The molecule has 14 heavy (non-hydrogen) atoms. The molecular weight excluding hydrogens is 174 g/mol. The molecule has 2 nitrogen and oxygen atoms in total. The van der Waals surface area contributed by atoms with Crippen LogP contribution in [0, 0.1) is 0 Å². The molecule has 1 aliphatic heterocycles. The average Bonchev–Trinajstić information content (AvgIpc) is 3.02. The first-order chi connectivity index (χ1) is 6.77. The molecule has 1 aliphatic rings. The lowest BCUT2D eigenvalue weighted by Gasteiger charge is -2.20. The summed E-state index contributed by atoms with van der Waals surface area (Å²) in [7, 11) is 2.05. The number of rotatable bonds is 4. The Hall–Kier alpha value is -1.28. The molecule has 1 aromatic carbocycles. The molecule has 0 bridgehead atoms. The molecule has 0 aromatic heterocycles. The lowest BCUT2D eigenvalue weighted by Crippen LogP contribution is -2.21. The second kappa shape index (κ2) is 3.84. The Labute approximate surface area is 84.8 Å². The molecule has 1 atom stereocenters. The fraction of sp³-hybridized carbons (Fsp3) is 0.333. The van der Waals surface area contributed by atoms with E-state index >= 15 is 0 Å². The fourth-order valence-electron chi connectivity index (χ4n) is 1.44. The highest BCUT2D eigenvalue weighted by molar-refractivity contribution is 5.61. The molecule has 0 aliphatic carbocycles. The zero-order chi connectivity index (χ0) is 9.97. The van der Waals surface area contributed by atoms with Crippen LogP contribution in [0.5, 0.6) is 0 Å². The van der Waals surface area contributed by atoms with Crippen LogP contribution in [0.3, 0.4) is 0 Å². The van der Waals surface area contributed by atoms with Crippen LogP contribution in [0.15, 0.2) is 36.9 Å². The summed E-state index contributed by atoms with van der Waals surface area (Å²) < 4.78 is 5.18. The van der Waals surface area contributed by atoms with E-state index in [-0.39, 0.29) is 0 Å². The van der Waals surface area contributed by atoms with Crippen LogP contribution < -0.4 is 0 Å². The van der Waals surface area contributed by atoms with Crippen molar-refractivity contribution in [3.05, 3.63) is 42.5 Å². The minimum Gasteiger partial charge on any atom is -0.372 e. The molecule has 2 heteroatoms. The van der Waals surface area contributed by atoms with E-state index in [0.29, 0.717) is 6.10 Å². The molecule has 1 aromatic rings. The third-order valence-electron chi connectivity index (χ3n) is 2.45. The fourth-order valence-corrected chi connectivity index (χ4v) is 1.44. The van der Waals surface area contributed by atoms with Gasteiger partial charge in [-0.3, -0.25) is 0 Å². The summed E-state index contributed by atoms with van der Waals surface area (Å²) in [5.41, 5.74) is 2.23. The van der Waals surface area contributed by atoms with Crippen molar-refractivity contribution >= 4 is 5.70 Å². The van der Waals surface area contributed by atoms with Gasteiger partial charge in [0.1, 0.15) is 0 Å². The van der Waals surface area contributed by atoms with Gasteiger partial charge in [0.05, 0.1) is 12.7 Å². The zero-order valence-corrected chi connectivity index (χ0v) is 8.44. The maximum atomic E-state index is 5.18. The van der Waals surface area contributed by atoms with Gasteiger partial charge in [-0.15, -0.1) is 0 Å². The van der Waals surface area contributed by atoms with Crippen LogP contribution in [0.25, 0.3) is 5.70 Å². The van der Waals surface area contributed by atoms with E-state index in [0.717, 1.165) is 18.8 Å². The third kappa shape index (κ3) is 2.15. The van der Waals surface area contributed by atoms with Gasteiger partial charge in [-0.1, -0.05) is 36.9 Å². The Kier molecular flexibility index (Phi) is 2.55. The normalized spacial score (nSPS) is 19.1.